The summed E-state index contributed by atoms with van der Waals surface area (Å²) in [6.45, 7) is 5.62. The summed E-state index contributed by atoms with van der Waals surface area (Å²) in [5, 5.41) is 4.27. The Morgan fingerprint density at radius 1 is 1.07 bits per heavy atom. The van der Waals surface area contributed by atoms with Crippen LogP contribution >= 0.6 is 12.2 Å². The molecule has 3 aromatic rings. The van der Waals surface area contributed by atoms with E-state index in [1.807, 2.05) is 24.8 Å². The van der Waals surface area contributed by atoms with Crippen molar-refractivity contribution in [1.82, 2.24) is 19.8 Å². The van der Waals surface area contributed by atoms with Gasteiger partial charge in [0.05, 0.1) is 6.33 Å². The molecule has 28 heavy (non-hydrogen) atoms. The van der Waals surface area contributed by atoms with Crippen LogP contribution in [-0.2, 0) is 19.5 Å². The number of hydrogen-bond donors (Lipinski definition) is 1. The molecule has 1 aromatic heterocycles. The number of nitrogens with zero attached hydrogens (tertiary/aromatic N) is 3. The lowest BCUT2D eigenvalue weighted by Crippen LogP contribution is -2.40. The zero-order valence-corrected chi connectivity index (χ0v) is 17.2. The predicted octanol–water partition coefficient (Wildman–Crippen LogP) is 4.20. The molecule has 0 bridgehead atoms. The van der Waals surface area contributed by atoms with Crippen LogP contribution in [0.1, 0.15) is 23.1 Å². The van der Waals surface area contributed by atoms with Gasteiger partial charge in [0, 0.05) is 38.6 Å². The van der Waals surface area contributed by atoms with Crippen LogP contribution in [-0.4, -0.2) is 32.7 Å². The first kappa shape index (κ1) is 20.1. The number of aromatic nitrogens is 2. The van der Waals surface area contributed by atoms with Gasteiger partial charge in [-0.05, 0) is 43.1 Å². The molecule has 4 nitrogen and oxygen atoms in total. The van der Waals surface area contributed by atoms with Crippen molar-refractivity contribution < 1.29 is 0 Å². The molecule has 146 valence electrons. The number of benzene rings is 2. The molecular weight excluding hydrogens is 364 g/mol. The van der Waals surface area contributed by atoms with Crippen LogP contribution in [0, 0.1) is 6.92 Å². The largest absolute Gasteiger partial charge is 0.362 e. The van der Waals surface area contributed by atoms with Gasteiger partial charge in [-0.2, -0.15) is 0 Å². The molecule has 0 radical (unpaired) electrons. The monoisotopic (exact) mass is 392 g/mol. The van der Waals surface area contributed by atoms with Crippen LogP contribution in [0.5, 0.6) is 0 Å². The summed E-state index contributed by atoms with van der Waals surface area (Å²) in [5.74, 6) is 0. The lowest BCUT2D eigenvalue weighted by atomic mass is 10.1. The first-order valence-corrected chi connectivity index (χ1v) is 10.2. The van der Waals surface area contributed by atoms with Gasteiger partial charge in [-0.3, -0.25) is 0 Å². The standard InChI is InChI=1S/C23H28N4S/c1-20-8-10-22(11-9-20)18-27(16-5-15-26-17-14-24-19-26)23(28)25-13-12-21-6-3-2-4-7-21/h2-4,6-11,14,17,19H,5,12-13,15-16,18H2,1H3,(H,25,28). The van der Waals surface area contributed by atoms with Gasteiger partial charge in [0.25, 0.3) is 0 Å². The van der Waals surface area contributed by atoms with E-state index >= 15 is 0 Å². The van der Waals surface area contributed by atoms with Crippen LogP contribution in [0.15, 0.2) is 73.3 Å². The molecule has 5 heteroatoms. The van der Waals surface area contributed by atoms with Gasteiger partial charge in [-0.25, -0.2) is 4.98 Å². The van der Waals surface area contributed by atoms with E-state index in [-0.39, 0.29) is 0 Å². The van der Waals surface area contributed by atoms with Crippen molar-refractivity contribution in [2.24, 2.45) is 0 Å². The Morgan fingerprint density at radius 2 is 1.86 bits per heavy atom. The number of aryl methyl sites for hydroxylation is 2. The second-order valence-electron chi connectivity index (χ2n) is 7.03. The third kappa shape index (κ3) is 6.50. The van der Waals surface area contributed by atoms with Crippen molar-refractivity contribution in [2.45, 2.75) is 32.9 Å². The van der Waals surface area contributed by atoms with Crippen molar-refractivity contribution in [3.8, 4) is 0 Å². The van der Waals surface area contributed by atoms with E-state index < -0.39 is 0 Å². The molecule has 0 saturated heterocycles. The van der Waals surface area contributed by atoms with Crippen molar-refractivity contribution in [1.29, 1.82) is 0 Å². The molecule has 0 spiro atoms. The zero-order valence-electron chi connectivity index (χ0n) is 16.4. The Hall–Kier alpha value is -2.66. The van der Waals surface area contributed by atoms with Crippen molar-refractivity contribution in [3.05, 3.63) is 90.0 Å². The first-order valence-electron chi connectivity index (χ1n) is 9.79. The molecule has 1 heterocycles. The SMILES string of the molecule is Cc1ccc(CN(CCCn2ccnc2)C(=S)NCCc2ccccc2)cc1. The molecule has 0 saturated carbocycles. The van der Waals surface area contributed by atoms with E-state index in [0.717, 1.165) is 44.1 Å². The third-order valence-electron chi connectivity index (χ3n) is 4.72. The summed E-state index contributed by atoms with van der Waals surface area (Å²) < 4.78 is 2.11. The molecular formula is C23H28N4S. The minimum atomic E-state index is 0.821. The second-order valence-corrected chi connectivity index (χ2v) is 7.42. The highest BCUT2D eigenvalue weighted by molar-refractivity contribution is 7.80. The summed E-state index contributed by atoms with van der Waals surface area (Å²) in [6, 6.07) is 19.2. The van der Waals surface area contributed by atoms with Gasteiger partial charge >= 0.3 is 0 Å². The fourth-order valence-corrected chi connectivity index (χ4v) is 3.36. The molecule has 3 rings (SSSR count). The fourth-order valence-electron chi connectivity index (χ4n) is 3.10. The summed E-state index contributed by atoms with van der Waals surface area (Å²) in [4.78, 5) is 6.38. The van der Waals surface area contributed by atoms with Gasteiger partial charge < -0.3 is 14.8 Å². The van der Waals surface area contributed by atoms with Crippen molar-refractivity contribution in [2.75, 3.05) is 13.1 Å². The lowest BCUT2D eigenvalue weighted by molar-refractivity contribution is 0.385. The summed E-state index contributed by atoms with van der Waals surface area (Å²) >= 11 is 5.72. The number of nitrogens with one attached hydrogen (secondary N) is 1. The van der Waals surface area contributed by atoms with E-state index in [1.165, 1.54) is 16.7 Å². The molecule has 0 atom stereocenters. The number of thiocarbonyl (C=S) groups is 1. The van der Waals surface area contributed by atoms with E-state index in [9.17, 15) is 0 Å². The molecule has 1 N–H and O–H groups in total. The van der Waals surface area contributed by atoms with Crippen LogP contribution in [0.4, 0.5) is 0 Å². The minimum Gasteiger partial charge on any atom is -0.362 e. The van der Waals surface area contributed by atoms with Crippen molar-refractivity contribution in [3.63, 3.8) is 0 Å². The summed E-state index contributed by atoms with van der Waals surface area (Å²) in [7, 11) is 0. The minimum absolute atomic E-state index is 0.821. The average molecular weight is 393 g/mol. The molecule has 0 aliphatic carbocycles. The Bertz CT molecular complexity index is 829. The molecule has 0 amide bonds. The number of hydrogen-bond acceptors (Lipinski definition) is 2. The zero-order chi connectivity index (χ0) is 19.6. The van der Waals surface area contributed by atoms with Gasteiger partial charge in [0.15, 0.2) is 5.11 Å². The van der Waals surface area contributed by atoms with E-state index in [4.69, 9.17) is 12.2 Å². The van der Waals surface area contributed by atoms with Crippen molar-refractivity contribution >= 4 is 17.3 Å². The highest BCUT2D eigenvalue weighted by Crippen LogP contribution is 2.09. The second kappa shape index (κ2) is 10.6. The van der Waals surface area contributed by atoms with Crippen LogP contribution < -0.4 is 5.32 Å². The fraction of sp³-hybridized carbons (Fsp3) is 0.304. The van der Waals surface area contributed by atoms with E-state index in [2.05, 4.69) is 75.2 Å². The third-order valence-corrected chi connectivity index (χ3v) is 5.12. The first-order chi connectivity index (χ1) is 13.7. The molecule has 0 aliphatic rings. The van der Waals surface area contributed by atoms with Crippen LogP contribution in [0.2, 0.25) is 0 Å². The average Bonchev–Trinajstić information content (AvgIpc) is 3.23. The summed E-state index contributed by atoms with van der Waals surface area (Å²) in [6.07, 6.45) is 7.67. The van der Waals surface area contributed by atoms with Crippen LogP contribution in [0.3, 0.4) is 0 Å². The molecule has 2 aromatic carbocycles. The smallest absolute Gasteiger partial charge is 0.169 e. The normalized spacial score (nSPS) is 10.6. The Labute approximate surface area is 173 Å². The Morgan fingerprint density at radius 3 is 2.57 bits per heavy atom. The number of rotatable bonds is 9. The van der Waals surface area contributed by atoms with Gasteiger partial charge in [-0.15, -0.1) is 0 Å². The predicted molar refractivity (Wildman–Crippen MR) is 119 cm³/mol. The number of imidazole rings is 1. The summed E-state index contributed by atoms with van der Waals surface area (Å²) in [5.41, 5.74) is 3.88. The quantitative estimate of drug-likeness (QED) is 0.553. The molecule has 0 unspecified atom stereocenters. The van der Waals surface area contributed by atoms with E-state index in [1.54, 1.807) is 0 Å². The Balaban J connectivity index is 1.55. The molecule has 0 aliphatic heterocycles. The highest BCUT2D eigenvalue weighted by atomic mass is 32.1. The van der Waals surface area contributed by atoms with Gasteiger partial charge in [-0.1, -0.05) is 60.2 Å². The molecule has 0 fully saturated rings. The maximum Gasteiger partial charge on any atom is 0.169 e. The van der Waals surface area contributed by atoms with Gasteiger partial charge in [0.1, 0.15) is 0 Å². The van der Waals surface area contributed by atoms with E-state index in [0.29, 0.717) is 0 Å². The maximum atomic E-state index is 5.72. The topological polar surface area (TPSA) is 33.1 Å². The Kier molecular flexibility index (Phi) is 7.62. The maximum absolute atomic E-state index is 5.72. The lowest BCUT2D eigenvalue weighted by Gasteiger charge is -2.26. The highest BCUT2D eigenvalue weighted by Gasteiger charge is 2.10. The van der Waals surface area contributed by atoms with Gasteiger partial charge in [0.2, 0.25) is 0 Å². The van der Waals surface area contributed by atoms with Crippen LogP contribution in [0.25, 0.3) is 0 Å².